The van der Waals surface area contributed by atoms with E-state index in [4.69, 9.17) is 4.74 Å². The molecule has 1 aromatic carbocycles. The molecular weight excluding hydrogens is 354 g/mol. The molecule has 1 atom stereocenters. The Morgan fingerprint density at radius 3 is 2.46 bits per heavy atom. The summed E-state index contributed by atoms with van der Waals surface area (Å²) in [5.41, 5.74) is 4.10. The third kappa shape index (κ3) is 4.61. The number of amides is 1. The zero-order chi connectivity index (χ0) is 20.3. The van der Waals surface area contributed by atoms with Crippen molar-refractivity contribution in [3.8, 4) is 0 Å². The van der Waals surface area contributed by atoms with Crippen molar-refractivity contribution < 1.29 is 14.3 Å². The molecule has 150 valence electrons. The van der Waals surface area contributed by atoms with E-state index in [9.17, 15) is 9.59 Å². The van der Waals surface area contributed by atoms with Crippen molar-refractivity contribution in [2.45, 2.75) is 72.1 Å². The first-order valence-corrected chi connectivity index (χ1v) is 9.96. The van der Waals surface area contributed by atoms with Crippen molar-refractivity contribution in [3.63, 3.8) is 0 Å². The van der Waals surface area contributed by atoms with Crippen molar-refractivity contribution in [1.82, 2.24) is 15.1 Å². The van der Waals surface area contributed by atoms with E-state index in [1.54, 1.807) is 18.5 Å². The molecule has 0 aliphatic heterocycles. The molecule has 1 saturated carbocycles. The molecule has 3 rings (SSSR count). The predicted octanol–water partition coefficient (Wildman–Crippen LogP) is 3.46. The summed E-state index contributed by atoms with van der Waals surface area (Å²) in [6, 6.07) is 8.43. The maximum absolute atomic E-state index is 12.7. The minimum Gasteiger partial charge on any atom is -0.449 e. The van der Waals surface area contributed by atoms with Gasteiger partial charge in [0.15, 0.2) is 6.10 Å². The molecule has 6 heteroatoms. The van der Waals surface area contributed by atoms with Crippen LogP contribution in [-0.4, -0.2) is 33.8 Å². The second-order valence-electron chi connectivity index (χ2n) is 7.73. The van der Waals surface area contributed by atoms with Crippen LogP contribution in [0.5, 0.6) is 0 Å². The Morgan fingerprint density at radius 1 is 1.18 bits per heavy atom. The van der Waals surface area contributed by atoms with Gasteiger partial charge in [0.05, 0.1) is 17.9 Å². The van der Waals surface area contributed by atoms with E-state index in [0.717, 1.165) is 36.9 Å². The lowest BCUT2D eigenvalue weighted by molar-refractivity contribution is -0.129. The molecule has 0 saturated heterocycles. The lowest BCUT2D eigenvalue weighted by Gasteiger charge is -2.17. The fourth-order valence-electron chi connectivity index (χ4n) is 3.67. The minimum absolute atomic E-state index is 0.203. The number of rotatable bonds is 6. The topological polar surface area (TPSA) is 73.2 Å². The first kappa shape index (κ1) is 20.1. The van der Waals surface area contributed by atoms with Crippen molar-refractivity contribution >= 4 is 11.9 Å². The van der Waals surface area contributed by atoms with Crippen molar-refractivity contribution in [2.75, 3.05) is 0 Å². The number of carbonyl (C=O) groups is 2. The van der Waals surface area contributed by atoms with Crippen molar-refractivity contribution in [1.29, 1.82) is 0 Å². The molecule has 1 heterocycles. The summed E-state index contributed by atoms with van der Waals surface area (Å²) in [5, 5.41) is 7.47. The van der Waals surface area contributed by atoms with E-state index < -0.39 is 12.1 Å². The van der Waals surface area contributed by atoms with Crippen LogP contribution in [0.25, 0.3) is 0 Å². The molecule has 0 bridgehead atoms. The quantitative estimate of drug-likeness (QED) is 0.776. The van der Waals surface area contributed by atoms with Gasteiger partial charge in [-0.25, -0.2) is 4.79 Å². The number of hydrogen-bond acceptors (Lipinski definition) is 4. The summed E-state index contributed by atoms with van der Waals surface area (Å²) < 4.78 is 7.25. The fourth-order valence-corrected chi connectivity index (χ4v) is 3.67. The van der Waals surface area contributed by atoms with Gasteiger partial charge in [0.2, 0.25) is 0 Å². The number of nitrogens with one attached hydrogen (secondary N) is 1. The Kier molecular flexibility index (Phi) is 6.17. The first-order valence-electron chi connectivity index (χ1n) is 9.96. The smallest absolute Gasteiger partial charge is 0.342 e. The van der Waals surface area contributed by atoms with Gasteiger partial charge in [-0.3, -0.25) is 9.48 Å². The number of aromatic nitrogens is 2. The minimum atomic E-state index is -0.827. The van der Waals surface area contributed by atoms with Crippen LogP contribution in [0.2, 0.25) is 0 Å². The third-order valence-electron chi connectivity index (χ3n) is 5.39. The second-order valence-corrected chi connectivity index (χ2v) is 7.73. The molecule has 2 aromatic rings. The maximum atomic E-state index is 12.7. The SMILES string of the molecule is Cc1ccc(Cn2nc(C)c(C(=O)O[C@@H](C)C(=O)NC3CCCC3)c2C)cc1. The van der Waals surface area contributed by atoms with E-state index in [-0.39, 0.29) is 11.9 Å². The molecule has 1 aliphatic carbocycles. The molecule has 1 aliphatic rings. The van der Waals surface area contributed by atoms with E-state index in [1.165, 1.54) is 5.56 Å². The molecule has 1 N–H and O–H groups in total. The molecule has 0 unspecified atom stereocenters. The summed E-state index contributed by atoms with van der Waals surface area (Å²) in [6.45, 7) is 7.89. The Labute approximate surface area is 166 Å². The second kappa shape index (κ2) is 8.59. The number of esters is 1. The molecular formula is C22H29N3O3. The average molecular weight is 383 g/mol. The van der Waals surface area contributed by atoms with Gasteiger partial charge >= 0.3 is 5.97 Å². The van der Waals surface area contributed by atoms with Crippen molar-refractivity contribution in [2.24, 2.45) is 0 Å². The highest BCUT2D eigenvalue weighted by molar-refractivity contribution is 5.94. The highest BCUT2D eigenvalue weighted by Gasteiger charge is 2.26. The molecule has 0 radical (unpaired) electrons. The van der Waals surface area contributed by atoms with E-state index in [0.29, 0.717) is 17.8 Å². The normalized spacial score (nSPS) is 15.4. The molecule has 0 spiro atoms. The summed E-state index contributed by atoms with van der Waals surface area (Å²) in [4.78, 5) is 25.0. The average Bonchev–Trinajstić information content (AvgIpc) is 3.25. The number of ether oxygens (including phenoxy) is 1. The monoisotopic (exact) mass is 383 g/mol. The van der Waals surface area contributed by atoms with Crippen LogP contribution < -0.4 is 5.32 Å². The van der Waals surface area contributed by atoms with E-state index >= 15 is 0 Å². The van der Waals surface area contributed by atoms with Gasteiger partial charge in [-0.15, -0.1) is 0 Å². The maximum Gasteiger partial charge on any atom is 0.342 e. The lowest BCUT2D eigenvalue weighted by Crippen LogP contribution is -2.40. The Morgan fingerprint density at radius 2 is 1.82 bits per heavy atom. The first-order chi connectivity index (χ1) is 13.3. The van der Waals surface area contributed by atoms with Crippen LogP contribution in [0.3, 0.4) is 0 Å². The van der Waals surface area contributed by atoms with Gasteiger partial charge < -0.3 is 10.1 Å². The van der Waals surface area contributed by atoms with Crippen LogP contribution in [0, 0.1) is 20.8 Å². The highest BCUT2D eigenvalue weighted by atomic mass is 16.5. The van der Waals surface area contributed by atoms with E-state index in [2.05, 4.69) is 34.7 Å². The largest absolute Gasteiger partial charge is 0.449 e. The number of benzene rings is 1. The summed E-state index contributed by atoms with van der Waals surface area (Å²) in [7, 11) is 0. The van der Waals surface area contributed by atoms with Crippen LogP contribution in [0.15, 0.2) is 24.3 Å². The van der Waals surface area contributed by atoms with Crippen LogP contribution >= 0.6 is 0 Å². The number of aryl methyl sites for hydroxylation is 2. The Hall–Kier alpha value is -2.63. The van der Waals surface area contributed by atoms with Gasteiger partial charge in [0, 0.05) is 6.04 Å². The van der Waals surface area contributed by atoms with Gasteiger partial charge in [-0.2, -0.15) is 5.10 Å². The zero-order valence-electron chi connectivity index (χ0n) is 17.1. The fraction of sp³-hybridized carbons (Fsp3) is 0.500. The molecule has 1 aromatic heterocycles. The van der Waals surface area contributed by atoms with Gasteiger partial charge in [0.25, 0.3) is 5.91 Å². The summed E-state index contributed by atoms with van der Waals surface area (Å²) in [5.74, 6) is -0.734. The summed E-state index contributed by atoms with van der Waals surface area (Å²) >= 11 is 0. The highest BCUT2D eigenvalue weighted by Crippen LogP contribution is 2.19. The van der Waals surface area contributed by atoms with Crippen molar-refractivity contribution in [3.05, 3.63) is 52.3 Å². The Bertz CT molecular complexity index is 849. The standard InChI is InChI=1S/C22H29N3O3/c1-14-9-11-18(12-10-14)13-25-16(3)20(15(2)24-25)22(27)28-17(4)21(26)23-19-7-5-6-8-19/h9-12,17,19H,5-8,13H2,1-4H3,(H,23,26)/t17-/m0/s1. The van der Waals surface area contributed by atoms with Gasteiger partial charge in [-0.05, 0) is 46.1 Å². The number of carbonyl (C=O) groups excluding carboxylic acids is 2. The van der Waals surface area contributed by atoms with E-state index in [1.807, 2.05) is 13.8 Å². The Balaban J connectivity index is 1.66. The molecule has 1 amide bonds. The zero-order valence-corrected chi connectivity index (χ0v) is 17.1. The third-order valence-corrected chi connectivity index (χ3v) is 5.39. The van der Waals surface area contributed by atoms with Crippen LogP contribution in [-0.2, 0) is 16.1 Å². The van der Waals surface area contributed by atoms with Gasteiger partial charge in [0.1, 0.15) is 5.56 Å². The molecule has 28 heavy (non-hydrogen) atoms. The summed E-state index contributed by atoms with van der Waals surface area (Å²) in [6.07, 6.45) is 3.44. The number of hydrogen-bond donors (Lipinski definition) is 1. The lowest BCUT2D eigenvalue weighted by atomic mass is 10.1. The predicted molar refractivity (Wildman–Crippen MR) is 107 cm³/mol. The van der Waals surface area contributed by atoms with Crippen LogP contribution in [0.1, 0.15) is 65.5 Å². The molecule has 1 fully saturated rings. The van der Waals surface area contributed by atoms with Crippen LogP contribution in [0.4, 0.5) is 0 Å². The molecule has 6 nitrogen and oxygen atoms in total. The number of nitrogens with zero attached hydrogens (tertiary/aromatic N) is 2. The van der Waals surface area contributed by atoms with Gasteiger partial charge in [-0.1, -0.05) is 42.7 Å².